The van der Waals surface area contributed by atoms with E-state index in [1.54, 1.807) is 0 Å². The van der Waals surface area contributed by atoms with Gasteiger partial charge in [0.1, 0.15) is 12.4 Å². The van der Waals surface area contributed by atoms with Crippen LogP contribution in [0.15, 0.2) is 97.3 Å². The molecule has 0 saturated heterocycles. The fourth-order valence-electron chi connectivity index (χ4n) is 3.50. The highest BCUT2D eigenvalue weighted by Gasteiger charge is 2.30. The molecule has 0 amide bonds. The number of aryl methyl sites for hydroxylation is 1. The van der Waals surface area contributed by atoms with Gasteiger partial charge in [-0.1, -0.05) is 72.8 Å². The molecule has 0 aliphatic rings. The zero-order valence-corrected chi connectivity index (χ0v) is 17.4. The van der Waals surface area contributed by atoms with Crippen LogP contribution < -0.4 is 25.6 Å². The van der Waals surface area contributed by atoms with Gasteiger partial charge in [0.15, 0.2) is 5.69 Å². The largest absolute Gasteiger partial charge is 0.374 e. The molecule has 3 aromatic carbocycles. The van der Waals surface area contributed by atoms with Crippen LogP contribution in [-0.2, 0) is 7.05 Å². The number of nitrogens with zero attached hydrogens (tertiary/aromatic N) is 3. The Balaban J connectivity index is 1.96. The van der Waals surface area contributed by atoms with Crippen molar-refractivity contribution >= 4 is 29.8 Å². The van der Waals surface area contributed by atoms with Gasteiger partial charge >= 0.3 is 0 Å². The minimum Gasteiger partial charge on any atom is -0.374 e. The summed E-state index contributed by atoms with van der Waals surface area (Å²) in [6, 6.07) is 30.3. The fraction of sp³-hybridized carbons (Fsp3) is 0.125. The third-order valence-electron chi connectivity index (χ3n) is 4.82. The van der Waals surface area contributed by atoms with E-state index in [4.69, 9.17) is 0 Å². The van der Waals surface area contributed by atoms with Gasteiger partial charge in [-0.2, -0.15) is 4.57 Å². The lowest BCUT2D eigenvalue weighted by atomic mass is 10.2. The second-order valence-electron chi connectivity index (χ2n) is 6.97. The number of benzene rings is 3. The van der Waals surface area contributed by atoms with Gasteiger partial charge in [-0.05, 0) is 22.7 Å². The van der Waals surface area contributed by atoms with Crippen molar-refractivity contribution in [3.8, 4) is 5.69 Å². The number of imidazole rings is 1. The number of anilines is 1. The molecular weight excluding hydrogens is 361 g/mol. The molecule has 1 heterocycles. The minimum atomic E-state index is -0.698. The van der Waals surface area contributed by atoms with Crippen LogP contribution in [0.1, 0.15) is 0 Å². The molecule has 1 aromatic heterocycles. The maximum atomic E-state index is 2.35. The Hall–Kier alpha value is -2.90. The first-order valence-corrected chi connectivity index (χ1v) is 10.7. The molecule has 0 aliphatic carbocycles. The molecule has 4 aromatic rings. The molecule has 0 atom stereocenters. The third kappa shape index (κ3) is 3.46. The van der Waals surface area contributed by atoms with Crippen LogP contribution in [0, 0.1) is 0 Å². The van der Waals surface area contributed by atoms with Crippen molar-refractivity contribution in [1.29, 1.82) is 0 Å². The second-order valence-corrected chi connectivity index (χ2v) is 9.07. The lowest BCUT2D eigenvalue weighted by molar-refractivity contribution is -0.652. The monoisotopic (exact) mass is 386 g/mol. The van der Waals surface area contributed by atoms with Crippen molar-refractivity contribution in [3.05, 3.63) is 97.3 Å². The van der Waals surface area contributed by atoms with Gasteiger partial charge in [-0.15, -0.1) is 0 Å². The second kappa shape index (κ2) is 8.00. The number of rotatable bonds is 5. The van der Waals surface area contributed by atoms with Crippen LogP contribution in [0.5, 0.6) is 0 Å². The van der Waals surface area contributed by atoms with E-state index in [1.165, 1.54) is 27.5 Å². The predicted octanol–water partition coefficient (Wildman–Crippen LogP) is 3.13. The fourth-order valence-corrected chi connectivity index (χ4v) is 5.98. The first kappa shape index (κ1) is 18.5. The van der Waals surface area contributed by atoms with Crippen molar-refractivity contribution in [2.45, 2.75) is 0 Å². The quantitative estimate of drug-likeness (QED) is 0.379. The lowest BCUT2D eigenvalue weighted by Crippen LogP contribution is -2.47. The van der Waals surface area contributed by atoms with Crippen LogP contribution >= 0.6 is 7.92 Å². The Morgan fingerprint density at radius 2 is 1.29 bits per heavy atom. The van der Waals surface area contributed by atoms with Crippen LogP contribution in [-0.4, -0.2) is 18.7 Å². The summed E-state index contributed by atoms with van der Waals surface area (Å²) in [4.78, 5) is 2.17. The Bertz CT molecular complexity index is 1020. The zero-order chi connectivity index (χ0) is 19.5. The highest BCUT2D eigenvalue weighted by Crippen LogP contribution is 2.33. The van der Waals surface area contributed by atoms with E-state index in [1.807, 2.05) is 0 Å². The Morgan fingerprint density at radius 3 is 1.86 bits per heavy atom. The van der Waals surface area contributed by atoms with E-state index in [0.717, 1.165) is 0 Å². The summed E-state index contributed by atoms with van der Waals surface area (Å²) in [6.45, 7) is 0. The molecule has 0 N–H and O–H groups in total. The number of hydrogen-bond donors (Lipinski definition) is 0. The van der Waals surface area contributed by atoms with E-state index in [0.29, 0.717) is 0 Å². The topological polar surface area (TPSA) is 12.1 Å². The van der Waals surface area contributed by atoms with Gasteiger partial charge in [0.25, 0.3) is 5.57 Å². The summed E-state index contributed by atoms with van der Waals surface area (Å²) in [5.41, 5.74) is 3.69. The van der Waals surface area contributed by atoms with Crippen LogP contribution in [0.2, 0.25) is 0 Å². The van der Waals surface area contributed by atoms with Crippen LogP contribution in [0.3, 0.4) is 0 Å². The van der Waals surface area contributed by atoms with Crippen molar-refractivity contribution in [2.24, 2.45) is 7.05 Å². The molecule has 28 heavy (non-hydrogen) atoms. The average Bonchev–Trinajstić information content (AvgIpc) is 3.11. The summed E-state index contributed by atoms with van der Waals surface area (Å²) >= 11 is 0. The van der Waals surface area contributed by atoms with E-state index in [9.17, 15) is 0 Å². The van der Waals surface area contributed by atoms with Crippen molar-refractivity contribution in [1.82, 2.24) is 4.57 Å². The maximum Gasteiger partial charge on any atom is 0.290 e. The SMILES string of the molecule is CN(C)c1ccccc1-n1cc[n+](C)c1P(c1ccccc1)c1ccccc1. The molecule has 140 valence electrons. The van der Waals surface area contributed by atoms with Crippen molar-refractivity contribution in [2.75, 3.05) is 19.0 Å². The van der Waals surface area contributed by atoms with E-state index in [-0.39, 0.29) is 0 Å². The maximum absolute atomic E-state index is 2.35. The van der Waals surface area contributed by atoms with Crippen molar-refractivity contribution < 1.29 is 4.57 Å². The molecule has 0 unspecified atom stereocenters. The molecule has 3 nitrogen and oxygen atoms in total. The molecule has 4 heteroatoms. The molecule has 0 spiro atoms. The predicted molar refractivity (Wildman–Crippen MR) is 120 cm³/mol. The molecule has 0 aliphatic heterocycles. The number of hydrogen-bond acceptors (Lipinski definition) is 1. The molecule has 0 bridgehead atoms. The van der Waals surface area contributed by atoms with E-state index >= 15 is 0 Å². The van der Waals surface area contributed by atoms with E-state index < -0.39 is 7.92 Å². The van der Waals surface area contributed by atoms with E-state index in [2.05, 4.69) is 132 Å². The number of para-hydroxylation sites is 2. The summed E-state index contributed by atoms with van der Waals surface area (Å²) in [6.07, 6.45) is 4.34. The van der Waals surface area contributed by atoms with Gasteiger partial charge in [0.05, 0.1) is 20.7 Å². The first-order valence-electron chi connectivity index (χ1n) is 9.41. The Morgan fingerprint density at radius 1 is 0.750 bits per heavy atom. The zero-order valence-electron chi connectivity index (χ0n) is 16.5. The summed E-state index contributed by atoms with van der Waals surface area (Å²) in [5.74, 6) is 0. The molecule has 0 saturated carbocycles. The molecule has 0 fully saturated rings. The van der Waals surface area contributed by atoms with Gasteiger partial charge in [-0.25, -0.2) is 4.57 Å². The van der Waals surface area contributed by atoms with Crippen LogP contribution in [0.4, 0.5) is 5.69 Å². The first-order chi connectivity index (χ1) is 13.7. The third-order valence-corrected chi connectivity index (χ3v) is 7.38. The molecule has 0 radical (unpaired) electrons. The lowest BCUT2D eigenvalue weighted by Gasteiger charge is -2.19. The Labute approximate surface area is 168 Å². The summed E-state index contributed by atoms with van der Waals surface area (Å²) in [5, 5.41) is 2.70. The number of aromatic nitrogens is 2. The normalized spacial score (nSPS) is 11.0. The minimum absolute atomic E-state index is 0.698. The standard InChI is InChI=1S/C24H25N3P/c1-25(2)22-16-10-11-17-23(22)27-19-18-26(3)24(27)28(20-12-6-4-7-13-20)21-14-8-5-9-15-21/h4-19H,1-3H3/q+1. The highest BCUT2D eigenvalue weighted by atomic mass is 31.1. The van der Waals surface area contributed by atoms with Gasteiger partial charge in [0.2, 0.25) is 0 Å². The summed E-state index contributed by atoms with van der Waals surface area (Å²) < 4.78 is 4.61. The van der Waals surface area contributed by atoms with Gasteiger partial charge in [0, 0.05) is 14.1 Å². The molecular formula is C24H25N3P+. The van der Waals surface area contributed by atoms with Crippen LogP contribution in [0.25, 0.3) is 5.69 Å². The average molecular weight is 386 g/mol. The summed E-state index contributed by atoms with van der Waals surface area (Å²) in [7, 11) is 5.64. The highest BCUT2D eigenvalue weighted by molar-refractivity contribution is 7.79. The smallest absolute Gasteiger partial charge is 0.290 e. The molecule has 4 rings (SSSR count). The van der Waals surface area contributed by atoms with Gasteiger partial charge < -0.3 is 4.90 Å². The van der Waals surface area contributed by atoms with Crippen molar-refractivity contribution in [3.63, 3.8) is 0 Å². The van der Waals surface area contributed by atoms with Gasteiger partial charge in [-0.3, -0.25) is 0 Å². The Kier molecular flexibility index (Phi) is 5.27.